The molecular weight excluding hydrogens is 252 g/mol. The van der Waals surface area contributed by atoms with Gasteiger partial charge in [0.2, 0.25) is 5.91 Å². The summed E-state index contributed by atoms with van der Waals surface area (Å²) < 4.78 is 0. The van der Waals surface area contributed by atoms with Crippen LogP contribution in [0.25, 0.3) is 0 Å². The van der Waals surface area contributed by atoms with Crippen LogP contribution in [0.1, 0.15) is 20.8 Å². The van der Waals surface area contributed by atoms with Gasteiger partial charge in [0, 0.05) is 35.6 Å². The summed E-state index contributed by atoms with van der Waals surface area (Å²) in [5.74, 6) is 4.35. The first-order valence-electron chi connectivity index (χ1n) is 6.30. The van der Waals surface area contributed by atoms with Gasteiger partial charge in [0.25, 0.3) is 0 Å². The molecule has 1 fully saturated rings. The maximum Gasteiger partial charge on any atom is 0.236 e. The molecule has 5 heteroatoms. The second-order valence-electron chi connectivity index (χ2n) is 4.84. The fourth-order valence-corrected chi connectivity index (χ4v) is 4.14. The third-order valence-corrected chi connectivity index (χ3v) is 5.46. The van der Waals surface area contributed by atoms with E-state index in [-0.39, 0.29) is 11.9 Å². The molecule has 0 aromatic heterocycles. The number of hydrogen-bond acceptors (Lipinski definition) is 4. The first kappa shape index (κ1) is 15.2. The summed E-state index contributed by atoms with van der Waals surface area (Å²) in [6.07, 6.45) is 0. The summed E-state index contributed by atoms with van der Waals surface area (Å²) in [4.78, 5) is 11.7. The van der Waals surface area contributed by atoms with E-state index in [1.165, 1.54) is 17.3 Å². The molecule has 2 N–H and O–H groups in total. The van der Waals surface area contributed by atoms with Gasteiger partial charge in [0.15, 0.2) is 0 Å². The second kappa shape index (κ2) is 8.27. The minimum Gasteiger partial charge on any atom is -0.354 e. The zero-order valence-electron chi connectivity index (χ0n) is 11.0. The van der Waals surface area contributed by atoms with Crippen LogP contribution in [0.3, 0.4) is 0 Å². The van der Waals surface area contributed by atoms with Crippen LogP contribution in [0.15, 0.2) is 0 Å². The molecule has 2 atom stereocenters. The molecule has 0 aliphatic carbocycles. The van der Waals surface area contributed by atoms with Crippen molar-refractivity contribution in [1.82, 2.24) is 10.6 Å². The molecule has 0 aromatic rings. The molecule has 1 aliphatic heterocycles. The maximum atomic E-state index is 11.7. The number of thioether (sulfide) groups is 2. The standard InChI is InChI=1S/C12H24N2OS2/c1-9(2)6-14-12(15)10(3)13-7-11-8-16-4-5-17-11/h9-11,13H,4-8H2,1-3H3,(H,14,15). The van der Waals surface area contributed by atoms with Gasteiger partial charge in [-0.3, -0.25) is 4.79 Å². The molecule has 0 radical (unpaired) electrons. The zero-order valence-corrected chi connectivity index (χ0v) is 12.6. The Labute approximate surface area is 113 Å². The van der Waals surface area contributed by atoms with Crippen molar-refractivity contribution >= 4 is 29.4 Å². The van der Waals surface area contributed by atoms with Gasteiger partial charge in [-0.05, 0) is 12.8 Å². The summed E-state index contributed by atoms with van der Waals surface area (Å²) in [6.45, 7) is 7.85. The predicted molar refractivity (Wildman–Crippen MR) is 78.9 cm³/mol. The van der Waals surface area contributed by atoms with Crippen LogP contribution in [-0.4, -0.2) is 47.5 Å². The largest absolute Gasteiger partial charge is 0.354 e. The molecule has 0 spiro atoms. The van der Waals surface area contributed by atoms with Crippen LogP contribution in [-0.2, 0) is 4.79 Å². The molecule has 100 valence electrons. The van der Waals surface area contributed by atoms with Gasteiger partial charge < -0.3 is 10.6 Å². The number of carbonyl (C=O) groups excluding carboxylic acids is 1. The Balaban J connectivity index is 2.14. The fraction of sp³-hybridized carbons (Fsp3) is 0.917. The lowest BCUT2D eigenvalue weighted by molar-refractivity contribution is -0.122. The van der Waals surface area contributed by atoms with E-state index in [1.54, 1.807) is 0 Å². The van der Waals surface area contributed by atoms with E-state index in [0.717, 1.165) is 13.1 Å². The highest BCUT2D eigenvalue weighted by molar-refractivity contribution is 8.06. The summed E-state index contributed by atoms with van der Waals surface area (Å²) in [5, 5.41) is 6.95. The van der Waals surface area contributed by atoms with Crippen LogP contribution in [0, 0.1) is 5.92 Å². The Kier molecular flexibility index (Phi) is 7.39. The molecule has 0 saturated carbocycles. The number of amides is 1. The first-order chi connectivity index (χ1) is 8.09. The normalized spacial score (nSPS) is 22.5. The highest BCUT2D eigenvalue weighted by Crippen LogP contribution is 2.23. The van der Waals surface area contributed by atoms with E-state index in [9.17, 15) is 4.79 Å². The first-order valence-corrected chi connectivity index (χ1v) is 8.50. The second-order valence-corrected chi connectivity index (χ2v) is 7.39. The van der Waals surface area contributed by atoms with E-state index >= 15 is 0 Å². The van der Waals surface area contributed by atoms with Crippen LogP contribution in [0.4, 0.5) is 0 Å². The van der Waals surface area contributed by atoms with Crippen molar-refractivity contribution in [3.05, 3.63) is 0 Å². The molecule has 1 amide bonds. The maximum absolute atomic E-state index is 11.7. The zero-order chi connectivity index (χ0) is 12.7. The SMILES string of the molecule is CC(C)CNC(=O)C(C)NCC1CSCCS1. The van der Waals surface area contributed by atoms with Gasteiger partial charge in [-0.1, -0.05) is 13.8 Å². The lowest BCUT2D eigenvalue weighted by atomic mass is 10.2. The molecular formula is C12H24N2OS2. The summed E-state index contributed by atoms with van der Waals surface area (Å²) >= 11 is 4.04. The van der Waals surface area contributed by atoms with E-state index in [2.05, 4.69) is 24.5 Å². The van der Waals surface area contributed by atoms with Gasteiger partial charge in [0.1, 0.15) is 0 Å². The van der Waals surface area contributed by atoms with E-state index in [1.807, 2.05) is 30.4 Å². The van der Waals surface area contributed by atoms with Gasteiger partial charge in [-0.2, -0.15) is 23.5 Å². The Morgan fingerprint density at radius 3 is 2.71 bits per heavy atom. The third kappa shape index (κ3) is 6.58. The van der Waals surface area contributed by atoms with Crippen molar-refractivity contribution in [1.29, 1.82) is 0 Å². The molecule has 0 bridgehead atoms. The number of rotatable bonds is 6. The van der Waals surface area contributed by atoms with Crippen molar-refractivity contribution < 1.29 is 4.79 Å². The summed E-state index contributed by atoms with van der Waals surface area (Å²) in [5.41, 5.74) is 0. The van der Waals surface area contributed by atoms with Gasteiger partial charge >= 0.3 is 0 Å². The lowest BCUT2D eigenvalue weighted by Gasteiger charge is -2.23. The molecule has 3 nitrogen and oxygen atoms in total. The van der Waals surface area contributed by atoms with Crippen LogP contribution in [0.5, 0.6) is 0 Å². The van der Waals surface area contributed by atoms with Gasteiger partial charge in [-0.25, -0.2) is 0 Å². The van der Waals surface area contributed by atoms with Crippen LogP contribution >= 0.6 is 23.5 Å². The van der Waals surface area contributed by atoms with Crippen LogP contribution < -0.4 is 10.6 Å². The van der Waals surface area contributed by atoms with Gasteiger partial charge in [-0.15, -0.1) is 0 Å². The average Bonchev–Trinajstić information content (AvgIpc) is 2.34. The van der Waals surface area contributed by atoms with Crippen molar-refractivity contribution in [3.8, 4) is 0 Å². The molecule has 17 heavy (non-hydrogen) atoms. The Morgan fingerprint density at radius 1 is 1.35 bits per heavy atom. The number of nitrogens with one attached hydrogen (secondary N) is 2. The Hall–Kier alpha value is 0.130. The number of hydrogen-bond donors (Lipinski definition) is 2. The van der Waals surface area contributed by atoms with Crippen molar-refractivity contribution in [2.75, 3.05) is 30.3 Å². The highest BCUT2D eigenvalue weighted by Gasteiger charge is 2.17. The average molecular weight is 276 g/mol. The molecule has 1 aliphatic rings. The summed E-state index contributed by atoms with van der Waals surface area (Å²) in [7, 11) is 0. The molecule has 0 aromatic carbocycles. The number of carbonyl (C=O) groups is 1. The van der Waals surface area contributed by atoms with Crippen molar-refractivity contribution in [3.63, 3.8) is 0 Å². The van der Waals surface area contributed by atoms with Crippen LogP contribution in [0.2, 0.25) is 0 Å². The molecule has 1 heterocycles. The topological polar surface area (TPSA) is 41.1 Å². The Bertz CT molecular complexity index is 231. The lowest BCUT2D eigenvalue weighted by Crippen LogP contribution is -2.45. The molecule has 1 rings (SSSR count). The smallest absolute Gasteiger partial charge is 0.236 e. The highest BCUT2D eigenvalue weighted by atomic mass is 32.2. The fourth-order valence-electron chi connectivity index (χ4n) is 1.51. The van der Waals surface area contributed by atoms with E-state index in [4.69, 9.17) is 0 Å². The van der Waals surface area contributed by atoms with Crippen molar-refractivity contribution in [2.24, 2.45) is 5.92 Å². The predicted octanol–water partition coefficient (Wildman–Crippen LogP) is 1.59. The van der Waals surface area contributed by atoms with E-state index < -0.39 is 0 Å². The molecule has 2 unspecified atom stereocenters. The monoisotopic (exact) mass is 276 g/mol. The quantitative estimate of drug-likeness (QED) is 0.773. The van der Waals surface area contributed by atoms with E-state index in [0.29, 0.717) is 11.2 Å². The minimum absolute atomic E-state index is 0.0822. The summed E-state index contributed by atoms with van der Waals surface area (Å²) in [6, 6.07) is -0.0822. The third-order valence-electron chi connectivity index (χ3n) is 2.61. The minimum atomic E-state index is -0.0822. The molecule has 1 saturated heterocycles. The van der Waals surface area contributed by atoms with Crippen molar-refractivity contribution in [2.45, 2.75) is 32.1 Å². The van der Waals surface area contributed by atoms with Gasteiger partial charge in [0.05, 0.1) is 6.04 Å². The Morgan fingerprint density at radius 2 is 2.12 bits per heavy atom.